The molecule has 0 amide bonds. The Morgan fingerprint density at radius 2 is 1.95 bits per heavy atom. The summed E-state index contributed by atoms with van der Waals surface area (Å²) in [5, 5.41) is 0. The molecule has 3 nitrogen and oxygen atoms in total. The number of carbonyl (C=O) groups excluding carboxylic acids is 1. The zero-order valence-corrected chi connectivity index (χ0v) is 15.1. The molecule has 0 radical (unpaired) electrons. The van der Waals surface area contributed by atoms with Gasteiger partial charge in [0.05, 0.1) is 5.60 Å². The average Bonchev–Trinajstić information content (AvgIpc) is 2.29. The third kappa shape index (κ3) is 3.34. The van der Waals surface area contributed by atoms with E-state index in [2.05, 4.69) is 47.4 Å². The van der Waals surface area contributed by atoms with Gasteiger partial charge in [0, 0.05) is 11.0 Å². The molecule has 1 heterocycles. The third-order valence-corrected chi connectivity index (χ3v) is 7.35. The quantitative estimate of drug-likeness (QED) is 0.441. The Kier molecular flexibility index (Phi) is 4.92. The van der Waals surface area contributed by atoms with E-state index in [-0.39, 0.29) is 23.1 Å². The first-order valence-electron chi connectivity index (χ1n) is 7.52. The van der Waals surface area contributed by atoms with Gasteiger partial charge in [-0.2, -0.15) is 0 Å². The first kappa shape index (κ1) is 17.4. The van der Waals surface area contributed by atoms with Crippen molar-refractivity contribution < 1.29 is 14.0 Å². The molecule has 0 aliphatic carbocycles. The summed E-state index contributed by atoms with van der Waals surface area (Å²) in [5.74, 6) is -0.295. The molecule has 4 heteroatoms. The van der Waals surface area contributed by atoms with Crippen molar-refractivity contribution in [3.8, 4) is 0 Å². The largest absolute Gasteiger partial charge is 0.458 e. The Balaban J connectivity index is 3.00. The van der Waals surface area contributed by atoms with Gasteiger partial charge in [0.1, 0.15) is 6.10 Å². The molecular formula is C16H30O3Si. The normalized spacial score (nSPS) is 29.6. The van der Waals surface area contributed by atoms with Crippen LogP contribution in [-0.4, -0.2) is 26.0 Å². The molecule has 1 aliphatic heterocycles. The monoisotopic (exact) mass is 298 g/mol. The summed E-state index contributed by atoms with van der Waals surface area (Å²) in [5.41, 5.74) is 0.0168. The summed E-state index contributed by atoms with van der Waals surface area (Å²) in [6.07, 6.45) is 1.71. The van der Waals surface area contributed by atoms with E-state index in [0.717, 1.165) is 18.9 Å². The zero-order chi connectivity index (χ0) is 15.8. The SMILES string of the molecule is C=C(C)C(=O)OC(CC)C1(C)CC[Si](C)(C)OC1(C)C. The van der Waals surface area contributed by atoms with E-state index < -0.39 is 8.32 Å². The maximum atomic E-state index is 11.9. The number of rotatable bonds is 4. The minimum Gasteiger partial charge on any atom is -0.458 e. The predicted octanol–water partition coefficient (Wildman–Crippen LogP) is 4.29. The van der Waals surface area contributed by atoms with Crippen LogP contribution in [0.25, 0.3) is 0 Å². The highest BCUT2D eigenvalue weighted by Gasteiger charge is 2.54. The fraction of sp³-hybridized carbons (Fsp3) is 0.812. The molecule has 116 valence electrons. The molecule has 0 aromatic carbocycles. The van der Waals surface area contributed by atoms with E-state index in [1.807, 2.05) is 0 Å². The topological polar surface area (TPSA) is 35.5 Å². The summed E-state index contributed by atoms with van der Waals surface area (Å²) in [4.78, 5) is 11.9. The maximum Gasteiger partial charge on any atom is 0.333 e. The van der Waals surface area contributed by atoms with Gasteiger partial charge in [0.15, 0.2) is 8.32 Å². The number of hydrogen-bond acceptors (Lipinski definition) is 3. The van der Waals surface area contributed by atoms with Crippen molar-refractivity contribution in [2.75, 3.05) is 0 Å². The Bertz CT molecular complexity index is 401. The van der Waals surface area contributed by atoms with Crippen molar-refractivity contribution in [1.82, 2.24) is 0 Å². The van der Waals surface area contributed by atoms with Gasteiger partial charge in [-0.15, -0.1) is 0 Å². The molecule has 0 saturated carbocycles. The highest BCUT2D eigenvalue weighted by molar-refractivity contribution is 6.71. The van der Waals surface area contributed by atoms with Crippen LogP contribution in [-0.2, 0) is 14.0 Å². The summed E-state index contributed by atoms with van der Waals surface area (Å²) in [7, 11) is -1.59. The molecule has 0 spiro atoms. The second kappa shape index (κ2) is 5.64. The fourth-order valence-electron chi connectivity index (χ4n) is 3.16. The van der Waals surface area contributed by atoms with E-state index in [1.165, 1.54) is 0 Å². The van der Waals surface area contributed by atoms with Crippen LogP contribution in [0.1, 0.15) is 47.5 Å². The molecule has 2 atom stereocenters. The standard InChI is InChI=1S/C16H30O3Si/c1-9-13(18-14(17)12(2)3)16(6)10-11-20(7,8)19-15(16,4)5/h13H,2,9-11H2,1,3-8H3. The number of ether oxygens (including phenoxy) is 1. The van der Waals surface area contributed by atoms with Gasteiger partial charge in [-0.25, -0.2) is 4.79 Å². The Labute approximate surface area is 124 Å². The zero-order valence-electron chi connectivity index (χ0n) is 14.1. The lowest BCUT2D eigenvalue weighted by Crippen LogP contribution is -2.60. The van der Waals surface area contributed by atoms with Crippen molar-refractivity contribution in [3.63, 3.8) is 0 Å². The number of hydrogen-bond donors (Lipinski definition) is 0. The fourth-order valence-corrected chi connectivity index (χ4v) is 6.00. The molecule has 2 unspecified atom stereocenters. The minimum absolute atomic E-state index is 0.133. The first-order chi connectivity index (χ1) is 8.95. The van der Waals surface area contributed by atoms with Gasteiger partial charge in [0.2, 0.25) is 0 Å². The van der Waals surface area contributed by atoms with Crippen LogP contribution in [0.2, 0.25) is 19.1 Å². The molecular weight excluding hydrogens is 268 g/mol. The Morgan fingerprint density at radius 1 is 1.40 bits per heavy atom. The summed E-state index contributed by atoms with van der Waals surface area (Å²) in [6, 6.07) is 1.11. The van der Waals surface area contributed by atoms with Crippen LogP contribution in [0, 0.1) is 5.41 Å². The summed E-state index contributed by atoms with van der Waals surface area (Å²) >= 11 is 0. The van der Waals surface area contributed by atoms with Crippen molar-refractivity contribution in [1.29, 1.82) is 0 Å². The van der Waals surface area contributed by atoms with Crippen molar-refractivity contribution >= 4 is 14.3 Å². The van der Waals surface area contributed by atoms with Crippen LogP contribution in [0.5, 0.6) is 0 Å². The van der Waals surface area contributed by atoms with E-state index in [4.69, 9.17) is 9.16 Å². The van der Waals surface area contributed by atoms with Gasteiger partial charge in [0.25, 0.3) is 0 Å². The van der Waals surface area contributed by atoms with Gasteiger partial charge < -0.3 is 9.16 Å². The molecule has 0 aromatic rings. The highest BCUT2D eigenvalue weighted by Crippen LogP contribution is 2.50. The van der Waals surface area contributed by atoms with Crippen LogP contribution in [0.15, 0.2) is 12.2 Å². The first-order valence-corrected chi connectivity index (χ1v) is 10.6. The molecule has 1 aliphatic rings. The minimum atomic E-state index is -1.59. The van der Waals surface area contributed by atoms with E-state index in [0.29, 0.717) is 5.57 Å². The van der Waals surface area contributed by atoms with E-state index >= 15 is 0 Å². The lowest BCUT2D eigenvalue weighted by Gasteiger charge is -2.55. The number of carbonyl (C=O) groups is 1. The molecule has 1 fully saturated rings. The van der Waals surface area contributed by atoms with Gasteiger partial charge in [-0.1, -0.05) is 20.4 Å². The lowest BCUT2D eigenvalue weighted by atomic mass is 9.68. The molecule has 0 aromatic heterocycles. The summed E-state index contributed by atoms with van der Waals surface area (Å²) in [6.45, 7) is 18.4. The average molecular weight is 298 g/mol. The highest BCUT2D eigenvalue weighted by atomic mass is 28.4. The van der Waals surface area contributed by atoms with Crippen LogP contribution in [0.4, 0.5) is 0 Å². The van der Waals surface area contributed by atoms with Crippen molar-refractivity contribution in [3.05, 3.63) is 12.2 Å². The molecule has 1 rings (SSSR count). The van der Waals surface area contributed by atoms with Gasteiger partial charge in [-0.05, 0) is 52.8 Å². The maximum absolute atomic E-state index is 11.9. The van der Waals surface area contributed by atoms with E-state index in [9.17, 15) is 4.79 Å². The Hall–Kier alpha value is -0.613. The Morgan fingerprint density at radius 3 is 2.35 bits per heavy atom. The second-order valence-corrected chi connectivity index (χ2v) is 11.6. The molecule has 0 N–H and O–H groups in total. The molecule has 1 saturated heterocycles. The molecule has 20 heavy (non-hydrogen) atoms. The molecule has 0 bridgehead atoms. The van der Waals surface area contributed by atoms with E-state index in [1.54, 1.807) is 6.92 Å². The number of esters is 1. The third-order valence-electron chi connectivity index (χ3n) is 4.83. The second-order valence-electron chi connectivity index (χ2n) is 7.37. The van der Waals surface area contributed by atoms with Gasteiger partial charge in [-0.3, -0.25) is 0 Å². The summed E-state index contributed by atoms with van der Waals surface area (Å²) < 4.78 is 12.1. The van der Waals surface area contributed by atoms with Crippen LogP contribution >= 0.6 is 0 Å². The van der Waals surface area contributed by atoms with Gasteiger partial charge >= 0.3 is 5.97 Å². The van der Waals surface area contributed by atoms with Crippen molar-refractivity contribution in [2.45, 2.75) is 78.3 Å². The smallest absolute Gasteiger partial charge is 0.333 e. The lowest BCUT2D eigenvalue weighted by molar-refractivity contribution is -0.169. The van der Waals surface area contributed by atoms with Crippen molar-refractivity contribution in [2.24, 2.45) is 5.41 Å². The van der Waals surface area contributed by atoms with Crippen LogP contribution in [0.3, 0.4) is 0 Å². The predicted molar refractivity (Wildman–Crippen MR) is 85.2 cm³/mol. The van der Waals surface area contributed by atoms with Crippen LogP contribution < -0.4 is 0 Å².